The van der Waals surface area contributed by atoms with E-state index >= 15 is 0 Å². The SMILES string of the molecule is CC[C@H]1C2C=CC(C2)C1C(C)=O. The van der Waals surface area contributed by atoms with Gasteiger partial charge in [0.15, 0.2) is 0 Å². The van der Waals surface area contributed by atoms with Crippen molar-refractivity contribution in [3.63, 3.8) is 0 Å². The van der Waals surface area contributed by atoms with Crippen molar-refractivity contribution in [1.29, 1.82) is 0 Å². The average molecular weight is 164 g/mol. The summed E-state index contributed by atoms with van der Waals surface area (Å²) in [5.41, 5.74) is 0. The lowest BCUT2D eigenvalue weighted by Crippen LogP contribution is -2.25. The molecule has 4 atom stereocenters. The number of ketones is 1. The number of hydrogen-bond acceptors (Lipinski definition) is 1. The summed E-state index contributed by atoms with van der Waals surface area (Å²) in [6.45, 7) is 3.96. The topological polar surface area (TPSA) is 17.1 Å². The van der Waals surface area contributed by atoms with Gasteiger partial charge in [0.25, 0.3) is 0 Å². The highest BCUT2D eigenvalue weighted by molar-refractivity contribution is 5.80. The van der Waals surface area contributed by atoms with Crippen LogP contribution in [0.3, 0.4) is 0 Å². The smallest absolute Gasteiger partial charge is 0.133 e. The molecule has 3 unspecified atom stereocenters. The predicted octanol–water partition coefficient (Wildman–Crippen LogP) is 2.42. The molecular weight excluding hydrogens is 148 g/mol. The van der Waals surface area contributed by atoms with Crippen molar-refractivity contribution in [2.75, 3.05) is 0 Å². The number of fused-ring (bicyclic) bond motifs is 2. The van der Waals surface area contributed by atoms with Gasteiger partial charge in [-0.25, -0.2) is 0 Å². The molecule has 0 amide bonds. The minimum absolute atomic E-state index is 0.352. The van der Waals surface area contributed by atoms with E-state index in [1.165, 1.54) is 6.42 Å². The molecule has 0 heterocycles. The van der Waals surface area contributed by atoms with Crippen LogP contribution >= 0.6 is 0 Å². The van der Waals surface area contributed by atoms with Crippen molar-refractivity contribution >= 4 is 5.78 Å². The minimum Gasteiger partial charge on any atom is -0.300 e. The molecule has 1 fully saturated rings. The highest BCUT2D eigenvalue weighted by atomic mass is 16.1. The normalized spacial score (nSPS) is 43.8. The molecule has 2 rings (SSSR count). The van der Waals surface area contributed by atoms with Crippen molar-refractivity contribution < 1.29 is 4.79 Å². The third-order valence-corrected chi connectivity index (χ3v) is 3.56. The molecule has 1 saturated carbocycles. The molecule has 0 aromatic rings. The van der Waals surface area contributed by atoms with Crippen LogP contribution in [0.5, 0.6) is 0 Å². The van der Waals surface area contributed by atoms with Gasteiger partial charge < -0.3 is 0 Å². The molecule has 66 valence electrons. The second-order valence-electron chi connectivity index (χ2n) is 4.16. The number of allylic oxidation sites excluding steroid dienone is 2. The van der Waals surface area contributed by atoms with E-state index in [2.05, 4.69) is 19.1 Å². The highest BCUT2D eigenvalue weighted by Crippen LogP contribution is 2.49. The van der Waals surface area contributed by atoms with Crippen LogP contribution in [0.1, 0.15) is 26.7 Å². The number of rotatable bonds is 2. The lowest BCUT2D eigenvalue weighted by atomic mass is 9.79. The van der Waals surface area contributed by atoms with Crippen LogP contribution in [0, 0.1) is 23.7 Å². The first-order chi connectivity index (χ1) is 5.74. The maximum absolute atomic E-state index is 11.4. The molecule has 0 aromatic heterocycles. The van der Waals surface area contributed by atoms with E-state index in [9.17, 15) is 4.79 Å². The lowest BCUT2D eigenvalue weighted by Gasteiger charge is -2.24. The average Bonchev–Trinajstić information content (AvgIpc) is 2.60. The van der Waals surface area contributed by atoms with Crippen LogP contribution in [-0.2, 0) is 4.79 Å². The largest absolute Gasteiger partial charge is 0.300 e. The molecule has 0 saturated heterocycles. The van der Waals surface area contributed by atoms with Gasteiger partial charge in [0.1, 0.15) is 5.78 Å². The molecule has 0 radical (unpaired) electrons. The van der Waals surface area contributed by atoms with Crippen LogP contribution in [0.4, 0.5) is 0 Å². The molecule has 12 heavy (non-hydrogen) atoms. The first-order valence-electron chi connectivity index (χ1n) is 4.92. The van der Waals surface area contributed by atoms with Gasteiger partial charge >= 0.3 is 0 Å². The zero-order chi connectivity index (χ0) is 8.72. The standard InChI is InChI=1S/C11H16O/c1-3-10-8-4-5-9(6-8)11(10)7(2)12/h4-5,8-11H,3,6H2,1-2H3/t8?,9?,10-,11?/m0/s1. The Morgan fingerprint density at radius 3 is 2.58 bits per heavy atom. The fourth-order valence-corrected chi connectivity index (χ4v) is 3.08. The second kappa shape index (κ2) is 2.72. The maximum atomic E-state index is 11.4. The van der Waals surface area contributed by atoms with Crippen LogP contribution in [0.25, 0.3) is 0 Å². The third-order valence-electron chi connectivity index (χ3n) is 3.56. The van der Waals surface area contributed by atoms with Gasteiger partial charge in [-0.3, -0.25) is 4.79 Å². The van der Waals surface area contributed by atoms with Crippen molar-refractivity contribution in [3.8, 4) is 0 Å². The van der Waals surface area contributed by atoms with Crippen molar-refractivity contribution in [1.82, 2.24) is 0 Å². The molecule has 1 heteroatoms. The fourth-order valence-electron chi connectivity index (χ4n) is 3.08. The van der Waals surface area contributed by atoms with Gasteiger partial charge in [-0.15, -0.1) is 0 Å². The van der Waals surface area contributed by atoms with E-state index in [-0.39, 0.29) is 0 Å². The first kappa shape index (κ1) is 8.03. The summed E-state index contributed by atoms with van der Waals surface area (Å²) in [6, 6.07) is 0. The summed E-state index contributed by atoms with van der Waals surface area (Å²) >= 11 is 0. The first-order valence-corrected chi connectivity index (χ1v) is 4.92. The van der Waals surface area contributed by atoms with E-state index in [0.717, 1.165) is 6.42 Å². The summed E-state index contributed by atoms with van der Waals surface area (Å²) in [5.74, 6) is 2.70. The Kier molecular flexibility index (Phi) is 1.82. The molecule has 0 aromatic carbocycles. The molecule has 0 N–H and O–H groups in total. The lowest BCUT2D eigenvalue weighted by molar-refractivity contribution is -0.122. The van der Waals surface area contributed by atoms with Gasteiger partial charge in [-0.2, -0.15) is 0 Å². The molecule has 2 aliphatic rings. The predicted molar refractivity (Wildman–Crippen MR) is 48.7 cm³/mol. The Hall–Kier alpha value is -0.590. The summed E-state index contributed by atoms with van der Waals surface area (Å²) in [7, 11) is 0. The number of Topliss-reactive ketones (excluding diaryl/α,β-unsaturated/α-hetero) is 1. The Bertz CT molecular complexity index is 229. The van der Waals surface area contributed by atoms with E-state index in [0.29, 0.717) is 29.5 Å². The zero-order valence-electron chi connectivity index (χ0n) is 7.79. The van der Waals surface area contributed by atoms with Crippen LogP contribution in [-0.4, -0.2) is 5.78 Å². The number of carbonyl (C=O) groups is 1. The van der Waals surface area contributed by atoms with Crippen molar-refractivity contribution in [2.45, 2.75) is 26.7 Å². The van der Waals surface area contributed by atoms with Crippen LogP contribution in [0.15, 0.2) is 12.2 Å². The Balaban J connectivity index is 2.23. The molecule has 2 bridgehead atoms. The van der Waals surface area contributed by atoms with Crippen LogP contribution < -0.4 is 0 Å². The highest BCUT2D eigenvalue weighted by Gasteiger charge is 2.45. The molecule has 2 aliphatic carbocycles. The van der Waals surface area contributed by atoms with Gasteiger partial charge in [0, 0.05) is 5.92 Å². The Morgan fingerprint density at radius 2 is 2.08 bits per heavy atom. The van der Waals surface area contributed by atoms with E-state index < -0.39 is 0 Å². The Labute approximate surface area is 73.8 Å². The third kappa shape index (κ3) is 0.954. The second-order valence-corrected chi connectivity index (χ2v) is 4.16. The molecule has 0 spiro atoms. The van der Waals surface area contributed by atoms with E-state index in [1.807, 2.05) is 0 Å². The summed E-state index contributed by atoms with van der Waals surface area (Å²) in [5, 5.41) is 0. The van der Waals surface area contributed by atoms with E-state index in [4.69, 9.17) is 0 Å². The Morgan fingerprint density at radius 1 is 1.42 bits per heavy atom. The van der Waals surface area contributed by atoms with Crippen molar-refractivity contribution in [2.24, 2.45) is 23.7 Å². The summed E-state index contributed by atoms with van der Waals surface area (Å²) in [6.07, 6.45) is 6.97. The quantitative estimate of drug-likeness (QED) is 0.573. The fraction of sp³-hybridized carbons (Fsp3) is 0.727. The summed E-state index contributed by atoms with van der Waals surface area (Å²) in [4.78, 5) is 11.4. The van der Waals surface area contributed by atoms with Gasteiger partial charge in [-0.1, -0.05) is 25.5 Å². The zero-order valence-corrected chi connectivity index (χ0v) is 7.79. The molecule has 1 nitrogen and oxygen atoms in total. The van der Waals surface area contributed by atoms with Gasteiger partial charge in [0.2, 0.25) is 0 Å². The maximum Gasteiger partial charge on any atom is 0.133 e. The number of carbonyl (C=O) groups excluding carboxylic acids is 1. The molecular formula is C11H16O. The van der Waals surface area contributed by atoms with Gasteiger partial charge in [-0.05, 0) is 31.1 Å². The minimum atomic E-state index is 0.352. The van der Waals surface area contributed by atoms with E-state index in [1.54, 1.807) is 6.92 Å². The van der Waals surface area contributed by atoms with Crippen LogP contribution in [0.2, 0.25) is 0 Å². The van der Waals surface area contributed by atoms with Gasteiger partial charge in [0.05, 0.1) is 0 Å². The molecule has 0 aliphatic heterocycles. The number of hydrogen-bond donors (Lipinski definition) is 0. The van der Waals surface area contributed by atoms with Crippen molar-refractivity contribution in [3.05, 3.63) is 12.2 Å². The summed E-state index contributed by atoms with van der Waals surface area (Å²) < 4.78 is 0. The monoisotopic (exact) mass is 164 g/mol.